The quantitative estimate of drug-likeness (QED) is 0.653. The number of rotatable bonds is 4. The van der Waals surface area contributed by atoms with Gasteiger partial charge < -0.3 is 19.2 Å². The molecule has 8 nitrogen and oxygen atoms in total. The van der Waals surface area contributed by atoms with Crippen LogP contribution in [0.5, 0.6) is 5.75 Å². The Kier molecular flexibility index (Phi) is 5.06. The number of hydrogen-bond acceptors (Lipinski definition) is 8. The molecule has 0 fully saturated rings. The Balaban J connectivity index is 1.49. The summed E-state index contributed by atoms with van der Waals surface area (Å²) in [6.07, 6.45) is 0.532. The van der Waals surface area contributed by atoms with Gasteiger partial charge in [0.25, 0.3) is 5.56 Å². The summed E-state index contributed by atoms with van der Waals surface area (Å²) in [5, 5.41) is 0.336. The number of benzene rings is 1. The van der Waals surface area contributed by atoms with E-state index in [4.69, 9.17) is 14.2 Å². The Morgan fingerprint density at radius 1 is 1.34 bits per heavy atom. The fourth-order valence-corrected chi connectivity index (χ4v) is 4.40. The second kappa shape index (κ2) is 7.67. The zero-order valence-corrected chi connectivity index (χ0v) is 16.6. The lowest BCUT2D eigenvalue weighted by Gasteiger charge is -2.23. The van der Waals surface area contributed by atoms with Crippen molar-refractivity contribution in [2.24, 2.45) is 5.92 Å². The number of aromatic amines is 1. The minimum Gasteiger partial charge on any atom is -0.492 e. The van der Waals surface area contributed by atoms with Crippen molar-refractivity contribution in [2.75, 3.05) is 13.7 Å². The van der Waals surface area contributed by atoms with E-state index in [2.05, 4.69) is 9.97 Å². The lowest BCUT2D eigenvalue weighted by Crippen LogP contribution is -2.30. The number of para-hydroxylation sites is 1. The molecular weight excluding hydrogens is 396 g/mol. The van der Waals surface area contributed by atoms with Crippen LogP contribution in [-0.4, -0.2) is 35.6 Å². The predicted octanol–water partition coefficient (Wildman–Crippen LogP) is 2.37. The molecule has 0 radical (unpaired) electrons. The highest BCUT2D eigenvalue weighted by molar-refractivity contribution is 7.20. The molecule has 4 rings (SSSR count). The van der Waals surface area contributed by atoms with Crippen molar-refractivity contribution in [1.29, 1.82) is 0 Å². The number of nitrogens with one attached hydrogen (secondary N) is 1. The summed E-state index contributed by atoms with van der Waals surface area (Å²) in [6, 6.07) is 7.56. The van der Waals surface area contributed by atoms with Crippen LogP contribution in [0.25, 0.3) is 10.2 Å². The number of methoxy groups -OCH3 is 1. The first kappa shape index (κ1) is 19.1. The molecule has 0 bridgehead atoms. The molecule has 3 aromatic rings. The van der Waals surface area contributed by atoms with Crippen molar-refractivity contribution in [2.45, 2.75) is 20.0 Å². The molecule has 1 atom stereocenters. The van der Waals surface area contributed by atoms with Gasteiger partial charge in [0.2, 0.25) is 0 Å². The van der Waals surface area contributed by atoms with Crippen LogP contribution in [0.1, 0.15) is 26.6 Å². The maximum absolute atomic E-state index is 12.4. The molecule has 0 saturated carbocycles. The summed E-state index contributed by atoms with van der Waals surface area (Å²) in [4.78, 5) is 44.4. The summed E-state index contributed by atoms with van der Waals surface area (Å²) in [5.74, 6) is -0.362. The van der Waals surface area contributed by atoms with Crippen LogP contribution in [0.2, 0.25) is 0 Å². The summed E-state index contributed by atoms with van der Waals surface area (Å²) >= 11 is 1.07. The second-order valence-corrected chi connectivity index (χ2v) is 7.67. The standard InChI is InChI=1S/C20H18N2O6S/c1-10-15-17(23)21-14(22-18(15)29-16(10)20(25)26-2)9-28-19(24)12-7-11-5-3-4-6-13(11)27-8-12/h3-6,12H,7-9H2,1-2H3,(H,21,22,23)/t12-/m0/s1. The Bertz CT molecular complexity index is 1170. The van der Waals surface area contributed by atoms with Crippen molar-refractivity contribution in [1.82, 2.24) is 9.97 Å². The third-order valence-electron chi connectivity index (χ3n) is 4.78. The van der Waals surface area contributed by atoms with Crippen LogP contribution in [0.3, 0.4) is 0 Å². The van der Waals surface area contributed by atoms with Crippen LogP contribution >= 0.6 is 11.3 Å². The first-order chi connectivity index (χ1) is 14.0. The molecule has 0 unspecified atom stereocenters. The number of thiophene rings is 1. The average molecular weight is 414 g/mol. The average Bonchev–Trinajstić information content (AvgIpc) is 3.07. The summed E-state index contributed by atoms with van der Waals surface area (Å²) < 4.78 is 15.7. The normalized spacial score (nSPS) is 15.4. The van der Waals surface area contributed by atoms with Crippen molar-refractivity contribution < 1.29 is 23.8 Å². The van der Waals surface area contributed by atoms with Crippen LogP contribution in [0, 0.1) is 12.8 Å². The van der Waals surface area contributed by atoms with E-state index < -0.39 is 17.9 Å². The first-order valence-electron chi connectivity index (χ1n) is 8.96. The maximum Gasteiger partial charge on any atom is 0.348 e. The minimum absolute atomic E-state index is 0.174. The van der Waals surface area contributed by atoms with Gasteiger partial charge in [-0.25, -0.2) is 9.78 Å². The van der Waals surface area contributed by atoms with Gasteiger partial charge in [0.15, 0.2) is 0 Å². The Labute approximate surface area is 169 Å². The third-order valence-corrected chi connectivity index (χ3v) is 5.95. The number of ether oxygens (including phenoxy) is 3. The molecule has 29 heavy (non-hydrogen) atoms. The molecule has 3 heterocycles. The van der Waals surface area contributed by atoms with E-state index in [-0.39, 0.29) is 24.6 Å². The third kappa shape index (κ3) is 3.61. The zero-order chi connectivity index (χ0) is 20.5. The van der Waals surface area contributed by atoms with Gasteiger partial charge in [-0.05, 0) is 30.5 Å². The molecule has 0 aliphatic carbocycles. The molecule has 1 aliphatic rings. The number of carbonyl (C=O) groups excluding carboxylic acids is 2. The minimum atomic E-state index is -0.518. The lowest BCUT2D eigenvalue weighted by atomic mass is 9.97. The van der Waals surface area contributed by atoms with Gasteiger partial charge in [0.1, 0.15) is 34.5 Å². The lowest BCUT2D eigenvalue weighted by molar-refractivity contribution is -0.151. The van der Waals surface area contributed by atoms with Gasteiger partial charge in [-0.15, -0.1) is 11.3 Å². The van der Waals surface area contributed by atoms with E-state index in [1.54, 1.807) is 6.92 Å². The summed E-state index contributed by atoms with van der Waals surface area (Å²) in [5.41, 5.74) is 1.09. The molecule has 150 valence electrons. The van der Waals surface area contributed by atoms with Gasteiger partial charge in [-0.3, -0.25) is 9.59 Å². The van der Waals surface area contributed by atoms with Crippen LogP contribution in [0.4, 0.5) is 0 Å². The first-order valence-corrected chi connectivity index (χ1v) is 9.77. The predicted molar refractivity (Wildman–Crippen MR) is 105 cm³/mol. The van der Waals surface area contributed by atoms with Gasteiger partial charge in [0.05, 0.1) is 18.4 Å². The fraction of sp³-hybridized carbons (Fsp3) is 0.300. The highest BCUT2D eigenvalue weighted by Crippen LogP contribution is 2.29. The number of hydrogen-bond donors (Lipinski definition) is 1. The molecular formula is C20H18N2O6S. The van der Waals surface area contributed by atoms with Crippen molar-refractivity contribution >= 4 is 33.5 Å². The summed E-state index contributed by atoms with van der Waals surface area (Å²) in [6.45, 7) is 1.74. The van der Waals surface area contributed by atoms with E-state index >= 15 is 0 Å². The number of esters is 2. The van der Waals surface area contributed by atoms with Crippen LogP contribution in [-0.2, 0) is 27.3 Å². The Morgan fingerprint density at radius 2 is 2.14 bits per heavy atom. The molecule has 0 saturated heterocycles. The second-order valence-electron chi connectivity index (χ2n) is 6.67. The number of aryl methyl sites for hydroxylation is 1. The van der Waals surface area contributed by atoms with Crippen molar-refractivity contribution in [3.8, 4) is 5.75 Å². The Morgan fingerprint density at radius 3 is 2.93 bits per heavy atom. The Hall–Kier alpha value is -3.20. The van der Waals surface area contributed by atoms with Crippen LogP contribution < -0.4 is 10.3 Å². The van der Waals surface area contributed by atoms with E-state index in [1.165, 1.54) is 7.11 Å². The molecule has 1 N–H and O–H groups in total. The molecule has 0 amide bonds. The highest BCUT2D eigenvalue weighted by Gasteiger charge is 2.27. The van der Waals surface area contributed by atoms with E-state index in [9.17, 15) is 14.4 Å². The number of fused-ring (bicyclic) bond motifs is 2. The molecule has 2 aromatic heterocycles. The molecule has 1 aromatic carbocycles. The van der Waals surface area contributed by atoms with Crippen molar-refractivity contribution in [3.05, 3.63) is 56.4 Å². The SMILES string of the molecule is COC(=O)c1sc2nc(COC(=O)[C@@H]3COc4ccccc4C3)[nH]c(=O)c2c1C. The van der Waals surface area contributed by atoms with Crippen LogP contribution in [0.15, 0.2) is 29.1 Å². The van der Waals surface area contributed by atoms with Gasteiger partial charge >= 0.3 is 11.9 Å². The fourth-order valence-electron chi connectivity index (χ4n) is 3.28. The van der Waals surface area contributed by atoms with Crippen molar-refractivity contribution in [3.63, 3.8) is 0 Å². The molecule has 9 heteroatoms. The largest absolute Gasteiger partial charge is 0.492 e. The van der Waals surface area contributed by atoms with E-state index in [0.717, 1.165) is 22.6 Å². The smallest absolute Gasteiger partial charge is 0.348 e. The van der Waals surface area contributed by atoms with Gasteiger partial charge in [-0.1, -0.05) is 18.2 Å². The number of aromatic nitrogens is 2. The van der Waals surface area contributed by atoms with E-state index in [1.807, 2.05) is 24.3 Å². The van der Waals surface area contributed by atoms with Gasteiger partial charge in [-0.2, -0.15) is 0 Å². The number of nitrogens with zero attached hydrogens (tertiary/aromatic N) is 1. The number of carbonyl (C=O) groups is 2. The highest BCUT2D eigenvalue weighted by atomic mass is 32.1. The summed E-state index contributed by atoms with van der Waals surface area (Å²) in [7, 11) is 1.28. The number of H-pyrrole nitrogens is 1. The monoisotopic (exact) mass is 414 g/mol. The molecule has 1 aliphatic heterocycles. The molecule has 0 spiro atoms. The maximum atomic E-state index is 12.4. The topological polar surface area (TPSA) is 108 Å². The van der Waals surface area contributed by atoms with E-state index in [0.29, 0.717) is 27.1 Å². The zero-order valence-electron chi connectivity index (χ0n) is 15.8. The van der Waals surface area contributed by atoms with Gasteiger partial charge in [0, 0.05) is 0 Å².